The molecule has 118 valence electrons. The number of Topliss-reactive ketones (excluding diaryl/α,β-unsaturated/α-hetero) is 1. The lowest BCUT2D eigenvalue weighted by molar-refractivity contribution is 0.101. The summed E-state index contributed by atoms with van der Waals surface area (Å²) in [6, 6.07) is 5.91. The molecule has 0 aliphatic heterocycles. The van der Waals surface area contributed by atoms with E-state index in [0.29, 0.717) is 12.0 Å². The number of aryl methyl sites for hydroxylation is 2. The number of nitrogens with one attached hydrogen (secondary N) is 2. The van der Waals surface area contributed by atoms with Crippen molar-refractivity contribution in [3.05, 3.63) is 46.8 Å². The predicted molar refractivity (Wildman–Crippen MR) is 83.4 cm³/mol. The fourth-order valence-electron chi connectivity index (χ4n) is 2.20. The molecule has 0 amide bonds. The second-order valence-corrected chi connectivity index (χ2v) is 6.91. The standard InChI is InChI=1S/C15H19N3O3S/c1-10-15(11(2)18-17-10)8-9-16-22(20,21)14-6-4-13(5-7-14)12(3)19/h4-7,16H,8-9H2,1-3H3,(H,17,18). The van der Waals surface area contributed by atoms with Crippen molar-refractivity contribution in [2.75, 3.05) is 6.54 Å². The molecule has 2 aromatic rings. The van der Waals surface area contributed by atoms with E-state index in [0.717, 1.165) is 17.0 Å². The molecular formula is C15H19N3O3S. The fourth-order valence-corrected chi connectivity index (χ4v) is 3.24. The van der Waals surface area contributed by atoms with Gasteiger partial charge >= 0.3 is 0 Å². The third-order valence-corrected chi connectivity index (χ3v) is 5.00. The number of hydrogen-bond acceptors (Lipinski definition) is 4. The summed E-state index contributed by atoms with van der Waals surface area (Å²) in [6.45, 7) is 5.52. The third-order valence-electron chi connectivity index (χ3n) is 3.52. The summed E-state index contributed by atoms with van der Waals surface area (Å²) in [5, 5.41) is 6.96. The number of carbonyl (C=O) groups is 1. The number of rotatable bonds is 6. The second-order valence-electron chi connectivity index (χ2n) is 5.14. The summed E-state index contributed by atoms with van der Waals surface area (Å²) in [5.41, 5.74) is 3.34. The van der Waals surface area contributed by atoms with Crippen LogP contribution in [0.1, 0.15) is 34.2 Å². The zero-order valence-corrected chi connectivity index (χ0v) is 13.6. The van der Waals surface area contributed by atoms with Gasteiger partial charge in [0.15, 0.2) is 5.78 Å². The fraction of sp³-hybridized carbons (Fsp3) is 0.333. The van der Waals surface area contributed by atoms with Gasteiger partial charge in [0, 0.05) is 17.8 Å². The Hall–Kier alpha value is -1.99. The maximum absolute atomic E-state index is 12.2. The molecule has 1 aromatic heterocycles. The van der Waals surface area contributed by atoms with Gasteiger partial charge in [-0.25, -0.2) is 13.1 Å². The minimum absolute atomic E-state index is 0.0946. The minimum Gasteiger partial charge on any atom is -0.295 e. The zero-order valence-electron chi connectivity index (χ0n) is 12.8. The zero-order chi connectivity index (χ0) is 16.3. The molecule has 0 fully saturated rings. The number of hydrogen-bond donors (Lipinski definition) is 2. The van der Waals surface area contributed by atoms with Crippen LogP contribution in [0.3, 0.4) is 0 Å². The highest BCUT2D eigenvalue weighted by atomic mass is 32.2. The van der Waals surface area contributed by atoms with Gasteiger partial charge in [-0.3, -0.25) is 9.89 Å². The lowest BCUT2D eigenvalue weighted by Gasteiger charge is -2.07. The van der Waals surface area contributed by atoms with Gasteiger partial charge in [0.05, 0.1) is 10.6 Å². The monoisotopic (exact) mass is 321 g/mol. The van der Waals surface area contributed by atoms with Crippen molar-refractivity contribution in [2.45, 2.75) is 32.1 Å². The molecule has 7 heteroatoms. The van der Waals surface area contributed by atoms with Crippen LogP contribution < -0.4 is 4.72 Å². The van der Waals surface area contributed by atoms with E-state index in [1.165, 1.54) is 31.2 Å². The smallest absolute Gasteiger partial charge is 0.240 e. The van der Waals surface area contributed by atoms with Crippen molar-refractivity contribution in [2.24, 2.45) is 0 Å². The molecule has 1 aromatic carbocycles. The topological polar surface area (TPSA) is 91.9 Å². The van der Waals surface area contributed by atoms with Crippen LogP contribution in [-0.2, 0) is 16.4 Å². The van der Waals surface area contributed by atoms with Gasteiger partial charge in [0.25, 0.3) is 0 Å². The van der Waals surface area contributed by atoms with Crippen molar-refractivity contribution >= 4 is 15.8 Å². The summed E-state index contributed by atoms with van der Waals surface area (Å²) in [4.78, 5) is 11.4. The Kier molecular flexibility index (Phi) is 4.77. The maximum Gasteiger partial charge on any atom is 0.240 e. The van der Waals surface area contributed by atoms with Crippen molar-refractivity contribution in [1.29, 1.82) is 0 Å². The third kappa shape index (κ3) is 3.61. The number of benzene rings is 1. The number of H-pyrrole nitrogens is 1. The van der Waals surface area contributed by atoms with E-state index >= 15 is 0 Å². The summed E-state index contributed by atoms with van der Waals surface area (Å²) in [5.74, 6) is -0.0946. The van der Waals surface area contributed by atoms with Crippen molar-refractivity contribution < 1.29 is 13.2 Å². The number of nitrogens with zero attached hydrogens (tertiary/aromatic N) is 1. The molecule has 2 N–H and O–H groups in total. The van der Waals surface area contributed by atoms with E-state index in [1.54, 1.807) is 0 Å². The Morgan fingerprint density at radius 1 is 1.23 bits per heavy atom. The summed E-state index contributed by atoms with van der Waals surface area (Å²) in [6.07, 6.45) is 0.568. The van der Waals surface area contributed by atoms with Gasteiger partial charge in [0.2, 0.25) is 10.0 Å². The van der Waals surface area contributed by atoms with Gasteiger partial charge < -0.3 is 0 Å². The van der Waals surface area contributed by atoms with Crippen molar-refractivity contribution in [1.82, 2.24) is 14.9 Å². The van der Waals surface area contributed by atoms with Crippen LogP contribution in [0.4, 0.5) is 0 Å². The van der Waals surface area contributed by atoms with Crippen LogP contribution in [-0.4, -0.2) is 30.9 Å². The Morgan fingerprint density at radius 2 is 1.86 bits per heavy atom. The summed E-state index contributed by atoms with van der Waals surface area (Å²) in [7, 11) is -3.57. The molecule has 0 radical (unpaired) electrons. The Labute approximate surface area is 130 Å². The van der Waals surface area contributed by atoms with E-state index in [4.69, 9.17) is 0 Å². The SMILES string of the molecule is CC(=O)c1ccc(S(=O)(=O)NCCc2c(C)n[nH]c2C)cc1. The number of sulfonamides is 1. The summed E-state index contributed by atoms with van der Waals surface area (Å²) < 4.78 is 26.9. The van der Waals surface area contributed by atoms with Crippen LogP contribution in [0.2, 0.25) is 0 Å². The summed E-state index contributed by atoms with van der Waals surface area (Å²) >= 11 is 0. The predicted octanol–water partition coefficient (Wildman–Crippen LogP) is 1.75. The first-order chi connectivity index (χ1) is 10.3. The van der Waals surface area contributed by atoms with Gasteiger partial charge in [-0.15, -0.1) is 0 Å². The molecule has 0 unspecified atom stereocenters. The molecule has 2 rings (SSSR count). The van der Waals surface area contributed by atoms with E-state index < -0.39 is 10.0 Å². The van der Waals surface area contributed by atoms with E-state index in [9.17, 15) is 13.2 Å². The van der Waals surface area contributed by atoms with Crippen LogP contribution in [0.5, 0.6) is 0 Å². The van der Waals surface area contributed by atoms with Crippen LogP contribution in [0, 0.1) is 13.8 Å². The van der Waals surface area contributed by atoms with Gasteiger partial charge in [0.1, 0.15) is 0 Å². The van der Waals surface area contributed by atoms with Gasteiger partial charge in [-0.2, -0.15) is 5.10 Å². The van der Waals surface area contributed by atoms with Crippen molar-refractivity contribution in [3.63, 3.8) is 0 Å². The van der Waals surface area contributed by atoms with Crippen LogP contribution in [0.15, 0.2) is 29.2 Å². The molecule has 0 atom stereocenters. The number of aromatic amines is 1. The van der Waals surface area contributed by atoms with Crippen LogP contribution in [0.25, 0.3) is 0 Å². The van der Waals surface area contributed by atoms with Gasteiger partial charge in [-0.05, 0) is 44.9 Å². The first kappa shape index (κ1) is 16.4. The Bertz CT molecular complexity index is 757. The van der Waals surface area contributed by atoms with E-state index in [2.05, 4.69) is 14.9 Å². The van der Waals surface area contributed by atoms with Crippen LogP contribution >= 0.6 is 0 Å². The van der Waals surface area contributed by atoms with E-state index in [1.807, 2.05) is 13.8 Å². The molecule has 0 aliphatic rings. The lowest BCUT2D eigenvalue weighted by Crippen LogP contribution is -2.26. The Balaban J connectivity index is 2.03. The largest absolute Gasteiger partial charge is 0.295 e. The second kappa shape index (κ2) is 6.41. The number of ketones is 1. The molecule has 22 heavy (non-hydrogen) atoms. The van der Waals surface area contributed by atoms with Gasteiger partial charge in [-0.1, -0.05) is 12.1 Å². The highest BCUT2D eigenvalue weighted by molar-refractivity contribution is 7.89. The van der Waals surface area contributed by atoms with Crippen molar-refractivity contribution in [3.8, 4) is 0 Å². The molecule has 0 aliphatic carbocycles. The quantitative estimate of drug-likeness (QED) is 0.793. The lowest BCUT2D eigenvalue weighted by atomic mass is 10.1. The highest BCUT2D eigenvalue weighted by Crippen LogP contribution is 2.12. The molecule has 6 nitrogen and oxygen atoms in total. The molecule has 0 spiro atoms. The molecule has 0 saturated carbocycles. The average Bonchev–Trinajstić information content (AvgIpc) is 2.79. The molecule has 0 bridgehead atoms. The molecular weight excluding hydrogens is 302 g/mol. The first-order valence-corrected chi connectivity index (χ1v) is 8.40. The first-order valence-electron chi connectivity index (χ1n) is 6.92. The molecule has 0 saturated heterocycles. The molecule has 1 heterocycles. The Morgan fingerprint density at radius 3 is 2.36 bits per heavy atom. The highest BCUT2D eigenvalue weighted by Gasteiger charge is 2.15. The number of carbonyl (C=O) groups excluding carboxylic acids is 1. The van der Waals surface area contributed by atoms with E-state index in [-0.39, 0.29) is 17.2 Å². The average molecular weight is 321 g/mol. The normalized spacial score (nSPS) is 11.6. The maximum atomic E-state index is 12.2. The minimum atomic E-state index is -3.57. The number of aromatic nitrogens is 2.